The van der Waals surface area contributed by atoms with Gasteiger partial charge in [0.1, 0.15) is 6.07 Å². The summed E-state index contributed by atoms with van der Waals surface area (Å²) in [4.78, 5) is 4.74. The Balaban J connectivity index is 1.95. The van der Waals surface area contributed by atoms with Gasteiger partial charge >= 0.3 is 0 Å². The first kappa shape index (κ1) is 13.2. The molecule has 3 nitrogen and oxygen atoms in total. The molecular formula is C14H18ClN3. The monoisotopic (exact) mass is 263 g/mol. The second-order valence-corrected chi connectivity index (χ2v) is 4.88. The van der Waals surface area contributed by atoms with Gasteiger partial charge in [-0.25, -0.2) is 0 Å². The lowest BCUT2D eigenvalue weighted by Gasteiger charge is -2.36. The number of hydrogen-bond donors (Lipinski definition) is 0. The van der Waals surface area contributed by atoms with Crippen molar-refractivity contribution in [3.63, 3.8) is 0 Å². The summed E-state index contributed by atoms with van der Waals surface area (Å²) < 4.78 is 0. The average Bonchev–Trinajstić information content (AvgIpc) is 2.45. The summed E-state index contributed by atoms with van der Waals surface area (Å²) >= 11 is 5.71. The zero-order valence-electron chi connectivity index (χ0n) is 10.5. The molecule has 0 amide bonds. The van der Waals surface area contributed by atoms with Gasteiger partial charge < -0.3 is 4.90 Å². The molecule has 18 heavy (non-hydrogen) atoms. The molecule has 0 atom stereocenters. The molecule has 0 N–H and O–H groups in total. The number of nitriles is 1. The average molecular weight is 264 g/mol. The van der Waals surface area contributed by atoms with Crippen molar-refractivity contribution in [1.29, 1.82) is 5.26 Å². The van der Waals surface area contributed by atoms with Gasteiger partial charge in [0.05, 0.1) is 11.3 Å². The Hall–Kier alpha value is -1.24. The van der Waals surface area contributed by atoms with Crippen LogP contribution in [0.2, 0.25) is 0 Å². The van der Waals surface area contributed by atoms with Gasteiger partial charge in [-0.05, 0) is 25.1 Å². The smallest absolute Gasteiger partial charge is 0.101 e. The molecule has 1 aliphatic rings. The molecule has 0 aromatic heterocycles. The van der Waals surface area contributed by atoms with Gasteiger partial charge in [-0.3, -0.25) is 4.90 Å². The molecule has 96 valence electrons. The number of piperazine rings is 1. The van der Waals surface area contributed by atoms with E-state index in [9.17, 15) is 0 Å². The van der Waals surface area contributed by atoms with Crippen molar-refractivity contribution in [1.82, 2.24) is 4.90 Å². The van der Waals surface area contributed by atoms with Gasteiger partial charge in [-0.1, -0.05) is 12.1 Å². The molecule has 2 rings (SSSR count). The number of para-hydroxylation sites is 1. The van der Waals surface area contributed by atoms with E-state index in [-0.39, 0.29) is 0 Å². The molecule has 0 spiro atoms. The third kappa shape index (κ3) is 3.16. The maximum atomic E-state index is 9.12. The normalized spacial score (nSPS) is 16.6. The standard InChI is InChI=1S/C14H18ClN3/c15-6-3-7-17-8-10-18(11-9-17)14-5-2-1-4-13(14)12-16/h1-2,4-5H,3,6-11H2. The predicted octanol–water partition coefficient (Wildman–Crippen LogP) is 2.31. The summed E-state index contributed by atoms with van der Waals surface area (Å²) in [5.41, 5.74) is 1.84. The van der Waals surface area contributed by atoms with Crippen LogP contribution in [0.5, 0.6) is 0 Å². The van der Waals surface area contributed by atoms with Crippen molar-refractivity contribution in [2.24, 2.45) is 0 Å². The number of alkyl halides is 1. The van der Waals surface area contributed by atoms with Crippen molar-refractivity contribution < 1.29 is 0 Å². The summed E-state index contributed by atoms with van der Waals surface area (Å²) in [5.74, 6) is 0.734. The lowest BCUT2D eigenvalue weighted by Crippen LogP contribution is -2.46. The molecule has 1 aliphatic heterocycles. The molecule has 0 bridgehead atoms. The van der Waals surface area contributed by atoms with Crippen LogP contribution in [-0.4, -0.2) is 43.5 Å². The summed E-state index contributed by atoms with van der Waals surface area (Å²) in [5, 5.41) is 9.12. The van der Waals surface area contributed by atoms with Crippen LogP contribution in [0.4, 0.5) is 5.69 Å². The SMILES string of the molecule is N#Cc1ccccc1N1CCN(CCCCl)CC1. The van der Waals surface area contributed by atoms with Gasteiger partial charge in [0.15, 0.2) is 0 Å². The Morgan fingerprint density at radius 1 is 1.17 bits per heavy atom. The zero-order chi connectivity index (χ0) is 12.8. The number of nitrogens with zero attached hydrogens (tertiary/aromatic N) is 3. The van der Waals surface area contributed by atoms with Gasteiger partial charge in [-0.2, -0.15) is 5.26 Å². The van der Waals surface area contributed by atoms with Crippen LogP contribution in [0.25, 0.3) is 0 Å². The largest absolute Gasteiger partial charge is 0.368 e. The fraction of sp³-hybridized carbons (Fsp3) is 0.500. The van der Waals surface area contributed by atoms with Crippen LogP contribution in [0.1, 0.15) is 12.0 Å². The third-order valence-electron chi connectivity index (χ3n) is 3.35. The maximum Gasteiger partial charge on any atom is 0.101 e. The minimum atomic E-state index is 0.734. The summed E-state index contributed by atoms with van der Waals surface area (Å²) in [7, 11) is 0. The van der Waals surface area contributed by atoms with Crippen molar-refractivity contribution >= 4 is 17.3 Å². The first-order valence-corrected chi connectivity index (χ1v) is 6.91. The molecule has 0 unspecified atom stereocenters. The van der Waals surface area contributed by atoms with Crippen LogP contribution < -0.4 is 4.90 Å². The van der Waals surface area contributed by atoms with Crippen LogP contribution in [-0.2, 0) is 0 Å². The van der Waals surface area contributed by atoms with E-state index in [2.05, 4.69) is 15.9 Å². The van der Waals surface area contributed by atoms with E-state index in [0.717, 1.165) is 56.3 Å². The maximum absolute atomic E-state index is 9.12. The fourth-order valence-electron chi connectivity index (χ4n) is 2.34. The third-order valence-corrected chi connectivity index (χ3v) is 3.61. The highest BCUT2D eigenvalue weighted by atomic mass is 35.5. The summed E-state index contributed by atoms with van der Waals surface area (Å²) in [6, 6.07) is 10.1. The van der Waals surface area contributed by atoms with Crippen LogP contribution >= 0.6 is 11.6 Å². The predicted molar refractivity (Wildman–Crippen MR) is 75.1 cm³/mol. The van der Waals surface area contributed by atoms with E-state index >= 15 is 0 Å². The zero-order valence-corrected chi connectivity index (χ0v) is 11.2. The lowest BCUT2D eigenvalue weighted by atomic mass is 10.1. The Bertz CT molecular complexity index is 419. The topological polar surface area (TPSA) is 30.3 Å². The second-order valence-electron chi connectivity index (χ2n) is 4.50. The first-order chi connectivity index (χ1) is 8.85. The van der Waals surface area contributed by atoms with Gasteiger partial charge in [0.2, 0.25) is 0 Å². The highest BCUT2D eigenvalue weighted by Gasteiger charge is 2.18. The first-order valence-electron chi connectivity index (χ1n) is 6.37. The number of rotatable bonds is 4. The Kier molecular flexibility index (Phi) is 4.86. The second kappa shape index (κ2) is 6.63. The van der Waals surface area contributed by atoms with Gasteiger partial charge in [-0.15, -0.1) is 11.6 Å². The molecule has 1 aromatic carbocycles. The Morgan fingerprint density at radius 2 is 1.89 bits per heavy atom. The van der Waals surface area contributed by atoms with E-state index in [0.29, 0.717) is 0 Å². The molecule has 4 heteroatoms. The van der Waals surface area contributed by atoms with Crippen LogP contribution in [0, 0.1) is 11.3 Å². The number of halogens is 1. The van der Waals surface area contributed by atoms with Crippen molar-refractivity contribution in [2.45, 2.75) is 6.42 Å². The van der Waals surface area contributed by atoms with Crippen molar-refractivity contribution in [2.75, 3.05) is 43.5 Å². The van der Waals surface area contributed by atoms with Crippen molar-refractivity contribution in [3.8, 4) is 6.07 Å². The number of benzene rings is 1. The van der Waals surface area contributed by atoms with Crippen LogP contribution in [0.15, 0.2) is 24.3 Å². The number of anilines is 1. The highest BCUT2D eigenvalue weighted by Crippen LogP contribution is 2.20. The van der Waals surface area contributed by atoms with E-state index in [4.69, 9.17) is 16.9 Å². The van der Waals surface area contributed by atoms with Crippen LogP contribution in [0.3, 0.4) is 0 Å². The Morgan fingerprint density at radius 3 is 2.56 bits per heavy atom. The molecule has 0 saturated carbocycles. The molecule has 1 heterocycles. The minimum Gasteiger partial charge on any atom is -0.368 e. The quantitative estimate of drug-likeness (QED) is 0.781. The van der Waals surface area contributed by atoms with Gasteiger partial charge in [0, 0.05) is 32.1 Å². The summed E-state index contributed by atoms with van der Waals surface area (Å²) in [6.45, 7) is 5.16. The summed E-state index contributed by atoms with van der Waals surface area (Å²) in [6.07, 6.45) is 1.05. The Labute approximate surface area is 114 Å². The molecule has 1 aromatic rings. The lowest BCUT2D eigenvalue weighted by molar-refractivity contribution is 0.259. The minimum absolute atomic E-state index is 0.734. The number of hydrogen-bond acceptors (Lipinski definition) is 3. The van der Waals surface area contributed by atoms with E-state index < -0.39 is 0 Å². The van der Waals surface area contributed by atoms with Gasteiger partial charge in [0.25, 0.3) is 0 Å². The molecule has 1 fully saturated rings. The van der Waals surface area contributed by atoms with E-state index in [1.54, 1.807) is 0 Å². The molecule has 0 aliphatic carbocycles. The highest BCUT2D eigenvalue weighted by molar-refractivity contribution is 6.17. The van der Waals surface area contributed by atoms with Crippen molar-refractivity contribution in [3.05, 3.63) is 29.8 Å². The van der Waals surface area contributed by atoms with E-state index in [1.165, 1.54) is 0 Å². The molecular weight excluding hydrogens is 246 g/mol. The fourth-order valence-corrected chi connectivity index (χ4v) is 2.46. The molecule has 0 radical (unpaired) electrons. The molecule has 1 saturated heterocycles. The van der Waals surface area contributed by atoms with E-state index in [1.807, 2.05) is 24.3 Å².